The molecular weight excluding hydrogens is 260 g/mol. The Morgan fingerprint density at radius 2 is 2.10 bits per heavy atom. The summed E-state index contributed by atoms with van der Waals surface area (Å²) in [6, 6.07) is 0. The summed E-state index contributed by atoms with van der Waals surface area (Å²) in [6.45, 7) is 7.19. The minimum Gasteiger partial charge on any atom is -0.444 e. The minimum atomic E-state index is -0.503. The fourth-order valence-electron chi connectivity index (χ4n) is 2.08. The van der Waals surface area contributed by atoms with Crippen molar-refractivity contribution in [2.45, 2.75) is 58.2 Å². The highest BCUT2D eigenvalue weighted by molar-refractivity contribution is 5.78. The van der Waals surface area contributed by atoms with Crippen molar-refractivity contribution in [3.8, 4) is 0 Å². The van der Waals surface area contributed by atoms with Gasteiger partial charge in [-0.05, 0) is 40.0 Å². The smallest absolute Gasteiger partial charge is 0.407 e. The first kappa shape index (κ1) is 16.8. The number of hydrogen-bond donors (Lipinski definition) is 2. The average molecular weight is 286 g/mol. The Labute approximate surface area is 120 Å². The van der Waals surface area contributed by atoms with E-state index >= 15 is 0 Å². The molecule has 1 unspecified atom stereocenters. The molecule has 1 saturated heterocycles. The van der Waals surface area contributed by atoms with E-state index in [-0.39, 0.29) is 12.3 Å². The number of likely N-dealkylation sites (tertiary alicyclic amines) is 1. The fraction of sp³-hybridized carbons (Fsp3) is 0.857. The highest BCUT2D eigenvalue weighted by Gasteiger charge is 2.26. The quantitative estimate of drug-likeness (QED) is 0.721. The Bertz CT molecular complexity index is 339. The Morgan fingerprint density at radius 3 is 2.65 bits per heavy atom. The van der Waals surface area contributed by atoms with Gasteiger partial charge in [0.25, 0.3) is 0 Å². The molecule has 1 fully saturated rings. The number of carbonyl (C=O) groups is 2. The summed E-state index contributed by atoms with van der Waals surface area (Å²) in [6.07, 6.45) is 2.01. The van der Waals surface area contributed by atoms with Crippen molar-refractivity contribution >= 4 is 12.0 Å². The van der Waals surface area contributed by atoms with E-state index in [4.69, 9.17) is 4.74 Å². The summed E-state index contributed by atoms with van der Waals surface area (Å²) < 4.78 is 5.12. The summed E-state index contributed by atoms with van der Waals surface area (Å²) in [4.78, 5) is 24.5. The number of hydrogen-bond acceptors (Lipinski definition) is 4. The zero-order valence-electron chi connectivity index (χ0n) is 12.6. The van der Waals surface area contributed by atoms with Crippen LogP contribution in [0.1, 0.15) is 46.5 Å². The molecule has 1 atom stereocenters. The highest BCUT2D eigenvalue weighted by Crippen LogP contribution is 2.12. The lowest BCUT2D eigenvalue weighted by molar-refractivity contribution is -0.127. The van der Waals surface area contributed by atoms with Crippen molar-refractivity contribution < 1.29 is 19.4 Å². The molecule has 0 saturated carbocycles. The second kappa shape index (κ2) is 7.47. The van der Waals surface area contributed by atoms with E-state index in [1.165, 1.54) is 0 Å². The van der Waals surface area contributed by atoms with E-state index < -0.39 is 17.8 Å². The molecule has 0 spiro atoms. The van der Waals surface area contributed by atoms with Crippen LogP contribution in [0.5, 0.6) is 0 Å². The first-order valence-corrected chi connectivity index (χ1v) is 7.20. The van der Waals surface area contributed by atoms with Crippen molar-refractivity contribution in [2.24, 2.45) is 0 Å². The maximum atomic E-state index is 11.4. The van der Waals surface area contributed by atoms with Crippen LogP contribution in [0.4, 0.5) is 4.79 Å². The Hall–Kier alpha value is -1.30. The zero-order chi connectivity index (χ0) is 15.2. The van der Waals surface area contributed by atoms with Gasteiger partial charge in [-0.3, -0.25) is 4.79 Å². The lowest BCUT2D eigenvalue weighted by Gasteiger charge is -2.19. The molecule has 0 aromatic rings. The van der Waals surface area contributed by atoms with Crippen molar-refractivity contribution in [3.05, 3.63) is 0 Å². The molecule has 1 heterocycles. The average Bonchev–Trinajstić information content (AvgIpc) is 2.60. The monoisotopic (exact) mass is 286 g/mol. The van der Waals surface area contributed by atoms with Gasteiger partial charge < -0.3 is 20.1 Å². The van der Waals surface area contributed by atoms with Crippen LogP contribution in [0.3, 0.4) is 0 Å². The number of aliphatic hydroxyl groups is 1. The Morgan fingerprint density at radius 1 is 1.40 bits per heavy atom. The molecule has 0 aromatic heterocycles. The normalized spacial score (nSPS) is 19.3. The number of ether oxygens (including phenoxy) is 1. The van der Waals surface area contributed by atoms with Crippen LogP contribution < -0.4 is 5.32 Å². The molecule has 1 aliphatic heterocycles. The maximum Gasteiger partial charge on any atom is 0.407 e. The number of rotatable bonds is 6. The van der Waals surface area contributed by atoms with Gasteiger partial charge >= 0.3 is 6.09 Å². The number of nitrogens with zero attached hydrogens (tertiary/aromatic N) is 1. The first-order chi connectivity index (χ1) is 9.28. The van der Waals surface area contributed by atoms with Gasteiger partial charge in [-0.1, -0.05) is 0 Å². The van der Waals surface area contributed by atoms with Gasteiger partial charge in [0.05, 0.1) is 12.5 Å². The Kier molecular flexibility index (Phi) is 6.26. The number of alkyl carbamates (subject to hydrolysis) is 1. The molecule has 20 heavy (non-hydrogen) atoms. The second-order valence-corrected chi connectivity index (χ2v) is 6.19. The summed E-state index contributed by atoms with van der Waals surface area (Å²) in [5.41, 5.74) is -0.471. The third-order valence-corrected chi connectivity index (χ3v) is 2.97. The number of aliphatic hydroxyl groups excluding tert-OH is 1. The third kappa shape index (κ3) is 6.75. The molecular formula is C14H26N2O4. The molecule has 116 valence electrons. The van der Waals surface area contributed by atoms with E-state index in [0.717, 1.165) is 19.3 Å². The predicted molar refractivity (Wildman–Crippen MR) is 75.3 cm³/mol. The van der Waals surface area contributed by atoms with Gasteiger partial charge in [-0.25, -0.2) is 4.79 Å². The van der Waals surface area contributed by atoms with E-state index in [1.807, 2.05) is 20.8 Å². The van der Waals surface area contributed by atoms with E-state index in [2.05, 4.69) is 5.32 Å². The summed E-state index contributed by atoms with van der Waals surface area (Å²) in [5.74, 6) is 0.0318. The zero-order valence-corrected chi connectivity index (χ0v) is 12.6. The van der Waals surface area contributed by atoms with Crippen molar-refractivity contribution in [2.75, 3.05) is 19.6 Å². The molecule has 0 aromatic carbocycles. The van der Waals surface area contributed by atoms with Gasteiger partial charge in [-0.2, -0.15) is 0 Å². The molecule has 2 N–H and O–H groups in total. The van der Waals surface area contributed by atoms with Crippen molar-refractivity contribution in [1.29, 1.82) is 0 Å². The molecule has 1 aliphatic rings. The molecule has 6 heteroatoms. The lowest BCUT2D eigenvalue weighted by atomic mass is 10.2. The molecule has 1 rings (SSSR count). The first-order valence-electron chi connectivity index (χ1n) is 7.20. The van der Waals surface area contributed by atoms with Gasteiger partial charge in [0.1, 0.15) is 5.60 Å². The fourth-order valence-corrected chi connectivity index (χ4v) is 2.08. The lowest BCUT2D eigenvalue weighted by Crippen LogP contribution is -2.33. The van der Waals surface area contributed by atoms with Crippen LogP contribution in [-0.2, 0) is 9.53 Å². The van der Waals surface area contributed by atoms with Crippen LogP contribution in [0, 0.1) is 0 Å². The summed E-state index contributed by atoms with van der Waals surface area (Å²) >= 11 is 0. The standard InChI is InChI=1S/C14H26N2O4/c1-14(2,3)20-13(19)15-7-5-4-6-8-16-10-11(17)9-12(16)18/h11,17H,4-10H2,1-3H3,(H,15,19). The molecule has 2 amide bonds. The van der Waals surface area contributed by atoms with Crippen LogP contribution in [0.2, 0.25) is 0 Å². The molecule has 0 bridgehead atoms. The van der Waals surface area contributed by atoms with Gasteiger partial charge in [0.2, 0.25) is 5.91 Å². The number of β-amino-alcohol motifs (C(OH)–C–C–N with tert-alkyl or cyclic N) is 1. The van der Waals surface area contributed by atoms with Gasteiger partial charge in [-0.15, -0.1) is 0 Å². The van der Waals surface area contributed by atoms with Crippen LogP contribution in [-0.4, -0.2) is 53.3 Å². The van der Waals surface area contributed by atoms with Gasteiger partial charge in [0.15, 0.2) is 0 Å². The SMILES string of the molecule is CC(C)(C)OC(=O)NCCCCCN1CC(O)CC1=O. The maximum absolute atomic E-state index is 11.4. The molecule has 0 radical (unpaired) electrons. The highest BCUT2D eigenvalue weighted by atomic mass is 16.6. The third-order valence-electron chi connectivity index (χ3n) is 2.97. The van der Waals surface area contributed by atoms with Gasteiger partial charge in [0, 0.05) is 19.6 Å². The second-order valence-electron chi connectivity index (χ2n) is 6.19. The minimum absolute atomic E-state index is 0.0318. The van der Waals surface area contributed by atoms with E-state index in [1.54, 1.807) is 4.90 Å². The summed E-state index contributed by atoms with van der Waals surface area (Å²) in [7, 11) is 0. The largest absolute Gasteiger partial charge is 0.444 e. The van der Waals surface area contributed by atoms with Crippen LogP contribution >= 0.6 is 0 Å². The topological polar surface area (TPSA) is 78.9 Å². The number of unbranched alkanes of at least 4 members (excludes halogenated alkanes) is 2. The van der Waals surface area contributed by atoms with Crippen LogP contribution in [0.25, 0.3) is 0 Å². The van der Waals surface area contributed by atoms with Crippen LogP contribution in [0.15, 0.2) is 0 Å². The van der Waals surface area contributed by atoms with Crippen molar-refractivity contribution in [3.63, 3.8) is 0 Å². The molecule has 6 nitrogen and oxygen atoms in total. The number of carbonyl (C=O) groups excluding carboxylic acids is 2. The number of amides is 2. The number of nitrogens with one attached hydrogen (secondary N) is 1. The summed E-state index contributed by atoms with van der Waals surface area (Å²) in [5, 5.41) is 12.0. The van der Waals surface area contributed by atoms with E-state index in [9.17, 15) is 14.7 Å². The Balaban J connectivity index is 2.00. The van der Waals surface area contributed by atoms with E-state index in [0.29, 0.717) is 19.6 Å². The predicted octanol–water partition coefficient (Wildman–Crippen LogP) is 1.27. The van der Waals surface area contributed by atoms with Crippen molar-refractivity contribution in [1.82, 2.24) is 10.2 Å². The molecule has 0 aliphatic carbocycles.